The van der Waals surface area contributed by atoms with E-state index in [1.165, 1.54) is 29.8 Å². The Kier molecular flexibility index (Phi) is 3.52. The minimum absolute atomic E-state index is 0.836. The third-order valence-corrected chi connectivity index (χ3v) is 4.38. The third kappa shape index (κ3) is 2.26. The Bertz CT molecular complexity index is 443. The predicted octanol–water partition coefficient (Wildman–Crippen LogP) is 1.96. The molecule has 0 N–H and O–H groups in total. The molecule has 0 saturated carbocycles. The number of fused-ring (bicyclic) bond motifs is 1. The molecule has 1 aromatic heterocycles. The van der Waals surface area contributed by atoms with Crippen molar-refractivity contribution in [3.05, 3.63) is 17.0 Å². The van der Waals surface area contributed by atoms with Crippen molar-refractivity contribution in [2.24, 2.45) is 0 Å². The van der Waals surface area contributed by atoms with Crippen molar-refractivity contribution >= 4 is 21.9 Å². The van der Waals surface area contributed by atoms with Gasteiger partial charge in [0.15, 0.2) is 0 Å². The molecule has 0 amide bonds. The van der Waals surface area contributed by atoms with Crippen LogP contribution in [0.15, 0.2) is 0 Å². The molecule has 0 spiro atoms. The third-order valence-electron chi connectivity index (χ3n) is 3.85. The van der Waals surface area contributed by atoms with Gasteiger partial charge in [-0.3, -0.25) is 0 Å². The van der Waals surface area contributed by atoms with Crippen molar-refractivity contribution in [3.63, 3.8) is 0 Å². The van der Waals surface area contributed by atoms with Gasteiger partial charge in [0.25, 0.3) is 0 Å². The van der Waals surface area contributed by atoms with Crippen molar-refractivity contribution < 1.29 is 0 Å². The van der Waals surface area contributed by atoms with Crippen molar-refractivity contribution in [3.8, 4) is 0 Å². The lowest BCUT2D eigenvalue weighted by molar-refractivity contribution is 0.306. The highest BCUT2D eigenvalue weighted by Gasteiger charge is 2.22. The fraction of sp³-hybridized carbons (Fsp3) is 0.692. The first-order chi connectivity index (χ1) is 8.78. The molecule has 1 fully saturated rings. The highest BCUT2D eigenvalue weighted by molar-refractivity contribution is 9.08. The highest BCUT2D eigenvalue weighted by atomic mass is 79.9. The topological polar surface area (TPSA) is 32.3 Å². The van der Waals surface area contributed by atoms with E-state index in [4.69, 9.17) is 9.97 Å². The van der Waals surface area contributed by atoms with Gasteiger partial charge in [0.2, 0.25) is 5.95 Å². The van der Waals surface area contributed by atoms with Gasteiger partial charge in [-0.1, -0.05) is 15.9 Å². The molecule has 0 bridgehead atoms. The SMILES string of the molecule is CN1CCc2c(CBr)nc(N3CCCC3)nc2C1. The Labute approximate surface area is 117 Å². The molecule has 0 radical (unpaired) electrons. The zero-order chi connectivity index (χ0) is 12.5. The maximum absolute atomic E-state index is 4.81. The molecule has 1 saturated heterocycles. The number of hydrogen-bond donors (Lipinski definition) is 0. The van der Waals surface area contributed by atoms with Crippen LogP contribution in [0.2, 0.25) is 0 Å². The Morgan fingerprint density at radius 2 is 1.94 bits per heavy atom. The second-order valence-corrected chi connectivity index (χ2v) is 5.77. The van der Waals surface area contributed by atoms with E-state index in [0.717, 1.165) is 43.9 Å². The fourth-order valence-electron chi connectivity index (χ4n) is 2.79. The molecule has 2 aliphatic rings. The smallest absolute Gasteiger partial charge is 0.225 e. The minimum Gasteiger partial charge on any atom is -0.341 e. The van der Waals surface area contributed by atoms with E-state index in [1.54, 1.807) is 0 Å². The summed E-state index contributed by atoms with van der Waals surface area (Å²) in [6.45, 7) is 4.28. The van der Waals surface area contributed by atoms with Crippen molar-refractivity contribution in [1.82, 2.24) is 14.9 Å². The van der Waals surface area contributed by atoms with Gasteiger partial charge in [-0.25, -0.2) is 9.97 Å². The molecule has 4 nitrogen and oxygen atoms in total. The number of alkyl halides is 1. The van der Waals surface area contributed by atoms with Crippen LogP contribution in [0, 0.1) is 0 Å². The Balaban J connectivity index is 1.99. The zero-order valence-electron chi connectivity index (χ0n) is 10.8. The lowest BCUT2D eigenvalue weighted by atomic mass is 10.0. The number of likely N-dealkylation sites (N-methyl/N-ethyl adjacent to an activating group) is 1. The molecule has 3 rings (SSSR count). The van der Waals surface area contributed by atoms with Crippen LogP contribution >= 0.6 is 15.9 Å². The molecule has 5 heteroatoms. The summed E-state index contributed by atoms with van der Waals surface area (Å²) in [5.74, 6) is 0.941. The molecule has 0 aromatic carbocycles. The summed E-state index contributed by atoms with van der Waals surface area (Å²) in [5.41, 5.74) is 3.79. The number of halogens is 1. The van der Waals surface area contributed by atoms with E-state index in [2.05, 4.69) is 32.8 Å². The summed E-state index contributed by atoms with van der Waals surface area (Å²) in [4.78, 5) is 14.2. The maximum Gasteiger partial charge on any atom is 0.225 e. The van der Waals surface area contributed by atoms with Crippen LogP contribution in [0.5, 0.6) is 0 Å². The quantitative estimate of drug-likeness (QED) is 0.782. The minimum atomic E-state index is 0.836. The van der Waals surface area contributed by atoms with Crippen LogP contribution in [-0.2, 0) is 18.3 Å². The van der Waals surface area contributed by atoms with Crippen molar-refractivity contribution in [1.29, 1.82) is 0 Å². The van der Waals surface area contributed by atoms with Gasteiger partial charge in [0, 0.05) is 31.5 Å². The second kappa shape index (κ2) is 5.13. The molecule has 2 aliphatic heterocycles. The first-order valence-corrected chi connectivity index (χ1v) is 7.78. The number of rotatable bonds is 2. The Morgan fingerprint density at radius 1 is 1.17 bits per heavy atom. The van der Waals surface area contributed by atoms with E-state index in [1.807, 2.05) is 0 Å². The van der Waals surface area contributed by atoms with Crippen molar-refractivity contribution in [2.75, 3.05) is 31.6 Å². The van der Waals surface area contributed by atoms with Crippen LogP contribution in [-0.4, -0.2) is 41.5 Å². The van der Waals surface area contributed by atoms with Crippen molar-refractivity contribution in [2.45, 2.75) is 31.1 Å². The molecule has 0 atom stereocenters. The molecule has 3 heterocycles. The average molecular weight is 311 g/mol. The average Bonchev–Trinajstić information content (AvgIpc) is 2.90. The highest BCUT2D eigenvalue weighted by Crippen LogP contribution is 2.25. The van der Waals surface area contributed by atoms with Gasteiger partial charge in [0.1, 0.15) is 0 Å². The predicted molar refractivity (Wildman–Crippen MR) is 76.1 cm³/mol. The molecule has 18 heavy (non-hydrogen) atoms. The molecule has 98 valence electrons. The first kappa shape index (κ1) is 12.4. The van der Waals surface area contributed by atoms with E-state index in [9.17, 15) is 0 Å². The second-order valence-electron chi connectivity index (χ2n) is 5.21. The van der Waals surface area contributed by atoms with E-state index >= 15 is 0 Å². The largest absolute Gasteiger partial charge is 0.341 e. The molecular weight excluding hydrogens is 292 g/mol. The molecule has 0 aliphatic carbocycles. The summed E-state index contributed by atoms with van der Waals surface area (Å²) in [6, 6.07) is 0. The van der Waals surface area contributed by atoms with E-state index in [0.29, 0.717) is 0 Å². The Morgan fingerprint density at radius 3 is 2.67 bits per heavy atom. The maximum atomic E-state index is 4.81. The van der Waals surface area contributed by atoms with Gasteiger partial charge in [-0.15, -0.1) is 0 Å². The van der Waals surface area contributed by atoms with Gasteiger partial charge >= 0.3 is 0 Å². The summed E-state index contributed by atoms with van der Waals surface area (Å²) in [7, 11) is 2.16. The molecule has 1 aromatic rings. The van der Waals surface area contributed by atoms with Crippen LogP contribution in [0.1, 0.15) is 29.8 Å². The number of anilines is 1. The van der Waals surface area contributed by atoms with Gasteiger partial charge in [-0.05, 0) is 31.9 Å². The summed E-state index contributed by atoms with van der Waals surface area (Å²) in [6.07, 6.45) is 3.61. The first-order valence-electron chi connectivity index (χ1n) is 6.66. The van der Waals surface area contributed by atoms with Gasteiger partial charge in [-0.2, -0.15) is 0 Å². The van der Waals surface area contributed by atoms with Crippen LogP contribution in [0.4, 0.5) is 5.95 Å². The lowest BCUT2D eigenvalue weighted by Crippen LogP contribution is -2.30. The molecule has 0 unspecified atom stereocenters. The fourth-order valence-corrected chi connectivity index (χ4v) is 3.26. The zero-order valence-corrected chi connectivity index (χ0v) is 12.4. The van der Waals surface area contributed by atoms with Gasteiger partial charge in [0.05, 0.1) is 11.4 Å². The number of aromatic nitrogens is 2. The summed E-state index contributed by atoms with van der Waals surface area (Å²) < 4.78 is 0. The van der Waals surface area contributed by atoms with Gasteiger partial charge < -0.3 is 9.80 Å². The lowest BCUT2D eigenvalue weighted by Gasteiger charge is -2.27. The number of hydrogen-bond acceptors (Lipinski definition) is 4. The Hall–Kier alpha value is -0.680. The standard InChI is InChI=1S/C13H19BrN4/c1-17-7-4-10-11(8-14)15-13(16-12(10)9-17)18-5-2-3-6-18/h2-9H2,1H3. The molecular formula is C13H19BrN4. The normalized spacial score (nSPS) is 20.2. The van der Waals surface area contributed by atoms with Crippen LogP contribution in [0.25, 0.3) is 0 Å². The van der Waals surface area contributed by atoms with E-state index < -0.39 is 0 Å². The monoisotopic (exact) mass is 310 g/mol. The summed E-state index contributed by atoms with van der Waals surface area (Å²) in [5, 5.41) is 0.836. The van der Waals surface area contributed by atoms with Crippen LogP contribution < -0.4 is 4.90 Å². The number of nitrogens with zero attached hydrogens (tertiary/aromatic N) is 4. The summed E-state index contributed by atoms with van der Waals surface area (Å²) >= 11 is 3.57. The van der Waals surface area contributed by atoms with Crippen LogP contribution in [0.3, 0.4) is 0 Å². The van der Waals surface area contributed by atoms with E-state index in [-0.39, 0.29) is 0 Å².